The van der Waals surface area contributed by atoms with E-state index in [1.165, 1.54) is 0 Å². The zero-order valence-corrected chi connectivity index (χ0v) is 9.94. The monoisotopic (exact) mass is 248 g/mol. The van der Waals surface area contributed by atoms with Crippen molar-refractivity contribution >= 4 is 10.9 Å². The van der Waals surface area contributed by atoms with Crippen molar-refractivity contribution in [3.8, 4) is 0 Å². The second-order valence-electron chi connectivity index (χ2n) is 4.85. The molecule has 0 radical (unpaired) electrons. The Labute approximate surface area is 104 Å². The zero-order valence-electron chi connectivity index (χ0n) is 9.94. The van der Waals surface area contributed by atoms with E-state index in [0.29, 0.717) is 13.1 Å². The summed E-state index contributed by atoms with van der Waals surface area (Å²) in [6.07, 6.45) is 1.73. The third kappa shape index (κ3) is 2.34. The minimum atomic E-state index is -2.52. The predicted molar refractivity (Wildman–Crippen MR) is 66.6 cm³/mol. The fraction of sp³-hybridized carbons (Fsp3) is 0.357. The minimum absolute atomic E-state index is 0.0257. The maximum Gasteiger partial charge on any atom is 0.261 e. The van der Waals surface area contributed by atoms with Crippen LogP contribution in [0.3, 0.4) is 0 Å². The van der Waals surface area contributed by atoms with Crippen LogP contribution in [0.25, 0.3) is 10.9 Å². The van der Waals surface area contributed by atoms with Gasteiger partial charge in [0.1, 0.15) is 0 Å². The van der Waals surface area contributed by atoms with Gasteiger partial charge in [-0.3, -0.25) is 9.88 Å². The first-order valence-electron chi connectivity index (χ1n) is 6.06. The van der Waals surface area contributed by atoms with Crippen molar-refractivity contribution in [2.75, 3.05) is 13.1 Å². The number of pyridine rings is 1. The lowest BCUT2D eigenvalue weighted by Crippen LogP contribution is -2.24. The van der Waals surface area contributed by atoms with Gasteiger partial charge in [0.2, 0.25) is 0 Å². The Balaban J connectivity index is 1.79. The van der Waals surface area contributed by atoms with Crippen LogP contribution in [0.5, 0.6) is 0 Å². The van der Waals surface area contributed by atoms with Gasteiger partial charge in [-0.2, -0.15) is 0 Å². The normalized spacial score (nSPS) is 19.4. The first-order chi connectivity index (χ1) is 8.62. The van der Waals surface area contributed by atoms with Gasteiger partial charge in [-0.05, 0) is 23.8 Å². The number of benzene rings is 1. The van der Waals surface area contributed by atoms with Crippen molar-refractivity contribution < 1.29 is 8.78 Å². The molecule has 18 heavy (non-hydrogen) atoms. The van der Waals surface area contributed by atoms with Crippen molar-refractivity contribution in [2.45, 2.75) is 18.9 Å². The number of fused-ring (bicyclic) bond motifs is 1. The molecular weight excluding hydrogens is 234 g/mol. The number of hydrogen-bond acceptors (Lipinski definition) is 2. The molecule has 0 spiro atoms. The summed E-state index contributed by atoms with van der Waals surface area (Å²) < 4.78 is 26.2. The molecule has 2 heterocycles. The van der Waals surface area contributed by atoms with Gasteiger partial charge in [-0.1, -0.05) is 12.1 Å². The van der Waals surface area contributed by atoms with Crippen LogP contribution in [0.1, 0.15) is 12.0 Å². The highest BCUT2D eigenvalue weighted by Gasteiger charge is 2.37. The lowest BCUT2D eigenvalue weighted by molar-refractivity contribution is 0.0115. The fourth-order valence-electron chi connectivity index (χ4n) is 2.42. The van der Waals surface area contributed by atoms with E-state index in [2.05, 4.69) is 4.98 Å². The quantitative estimate of drug-likeness (QED) is 0.812. The van der Waals surface area contributed by atoms with Crippen molar-refractivity contribution in [3.63, 3.8) is 0 Å². The molecule has 0 amide bonds. The molecule has 1 aliphatic heterocycles. The summed E-state index contributed by atoms with van der Waals surface area (Å²) in [5, 5.41) is 1.06. The van der Waals surface area contributed by atoms with Crippen LogP contribution in [0, 0.1) is 0 Å². The molecule has 94 valence electrons. The largest absolute Gasteiger partial charge is 0.293 e. The SMILES string of the molecule is FC1(F)CCN(Cc2ccc3ncccc3c2)C1. The van der Waals surface area contributed by atoms with E-state index in [-0.39, 0.29) is 13.0 Å². The Morgan fingerprint density at radius 3 is 2.94 bits per heavy atom. The molecule has 1 saturated heterocycles. The van der Waals surface area contributed by atoms with E-state index >= 15 is 0 Å². The smallest absolute Gasteiger partial charge is 0.261 e. The maximum atomic E-state index is 13.1. The second-order valence-corrected chi connectivity index (χ2v) is 4.85. The first kappa shape index (κ1) is 11.5. The molecule has 0 bridgehead atoms. The van der Waals surface area contributed by atoms with Gasteiger partial charge in [-0.25, -0.2) is 8.78 Å². The van der Waals surface area contributed by atoms with Crippen LogP contribution in [-0.2, 0) is 6.54 Å². The van der Waals surface area contributed by atoms with Crippen LogP contribution in [0.2, 0.25) is 0 Å². The third-order valence-electron chi connectivity index (χ3n) is 3.32. The minimum Gasteiger partial charge on any atom is -0.293 e. The van der Waals surface area contributed by atoms with Crippen LogP contribution in [0.15, 0.2) is 36.5 Å². The molecule has 2 aromatic rings. The van der Waals surface area contributed by atoms with Gasteiger partial charge >= 0.3 is 0 Å². The van der Waals surface area contributed by atoms with Crippen molar-refractivity contribution in [1.82, 2.24) is 9.88 Å². The Morgan fingerprint density at radius 1 is 1.28 bits per heavy atom. The highest BCUT2D eigenvalue weighted by molar-refractivity contribution is 5.78. The van der Waals surface area contributed by atoms with Gasteiger partial charge in [0.15, 0.2) is 0 Å². The Bertz CT molecular complexity index is 568. The number of hydrogen-bond donors (Lipinski definition) is 0. The lowest BCUT2D eigenvalue weighted by atomic mass is 10.1. The molecule has 1 aromatic heterocycles. The molecule has 0 N–H and O–H groups in total. The maximum absolute atomic E-state index is 13.1. The third-order valence-corrected chi connectivity index (χ3v) is 3.32. The second kappa shape index (κ2) is 4.28. The Hall–Kier alpha value is -1.55. The molecule has 0 aliphatic carbocycles. The highest BCUT2D eigenvalue weighted by Crippen LogP contribution is 2.28. The molecule has 1 aromatic carbocycles. The van der Waals surface area contributed by atoms with Crippen LogP contribution < -0.4 is 0 Å². The standard InChI is InChI=1S/C14H14F2N2/c15-14(16)5-7-18(10-14)9-11-3-4-13-12(8-11)2-1-6-17-13/h1-4,6,8H,5,7,9-10H2. The Morgan fingerprint density at radius 2 is 2.17 bits per heavy atom. The summed E-state index contributed by atoms with van der Waals surface area (Å²) in [6.45, 7) is 0.927. The average Bonchev–Trinajstić information content (AvgIpc) is 2.68. The van der Waals surface area contributed by atoms with E-state index in [1.54, 1.807) is 11.1 Å². The van der Waals surface area contributed by atoms with Gasteiger partial charge in [0, 0.05) is 31.1 Å². The molecule has 1 aliphatic rings. The first-order valence-corrected chi connectivity index (χ1v) is 6.06. The molecule has 3 rings (SSSR count). The summed E-state index contributed by atoms with van der Waals surface area (Å²) in [4.78, 5) is 6.05. The molecule has 0 saturated carbocycles. The summed E-state index contributed by atoms with van der Waals surface area (Å²) in [5.41, 5.74) is 2.00. The number of rotatable bonds is 2. The van der Waals surface area contributed by atoms with E-state index in [1.807, 2.05) is 30.3 Å². The van der Waals surface area contributed by atoms with Gasteiger partial charge in [0.05, 0.1) is 12.1 Å². The van der Waals surface area contributed by atoms with Gasteiger partial charge in [-0.15, -0.1) is 0 Å². The molecule has 0 atom stereocenters. The van der Waals surface area contributed by atoms with E-state index < -0.39 is 5.92 Å². The number of alkyl halides is 2. The van der Waals surface area contributed by atoms with Crippen LogP contribution in [0.4, 0.5) is 8.78 Å². The molecule has 4 heteroatoms. The highest BCUT2D eigenvalue weighted by atomic mass is 19.3. The zero-order chi connectivity index (χ0) is 12.6. The van der Waals surface area contributed by atoms with E-state index in [9.17, 15) is 8.78 Å². The Kier molecular flexibility index (Phi) is 2.74. The van der Waals surface area contributed by atoms with Gasteiger partial charge in [0.25, 0.3) is 5.92 Å². The number of likely N-dealkylation sites (tertiary alicyclic amines) is 1. The van der Waals surface area contributed by atoms with Crippen LogP contribution in [-0.4, -0.2) is 28.9 Å². The summed E-state index contributed by atoms with van der Waals surface area (Å²) in [5.74, 6) is -2.52. The summed E-state index contributed by atoms with van der Waals surface area (Å²) in [7, 11) is 0. The molecule has 1 fully saturated rings. The summed E-state index contributed by atoms with van der Waals surface area (Å²) in [6, 6.07) is 9.81. The average molecular weight is 248 g/mol. The number of halogens is 2. The number of nitrogens with zero attached hydrogens (tertiary/aromatic N) is 2. The van der Waals surface area contributed by atoms with Crippen molar-refractivity contribution in [2.24, 2.45) is 0 Å². The topological polar surface area (TPSA) is 16.1 Å². The van der Waals surface area contributed by atoms with Crippen LogP contribution >= 0.6 is 0 Å². The fourth-order valence-corrected chi connectivity index (χ4v) is 2.42. The van der Waals surface area contributed by atoms with E-state index in [0.717, 1.165) is 16.5 Å². The summed E-state index contributed by atoms with van der Waals surface area (Å²) >= 11 is 0. The molecule has 2 nitrogen and oxygen atoms in total. The predicted octanol–water partition coefficient (Wildman–Crippen LogP) is 3.08. The number of aromatic nitrogens is 1. The van der Waals surface area contributed by atoms with Crippen molar-refractivity contribution in [3.05, 3.63) is 42.1 Å². The van der Waals surface area contributed by atoms with E-state index in [4.69, 9.17) is 0 Å². The molecular formula is C14H14F2N2. The van der Waals surface area contributed by atoms with Crippen molar-refractivity contribution in [1.29, 1.82) is 0 Å². The van der Waals surface area contributed by atoms with Gasteiger partial charge < -0.3 is 0 Å². The molecule has 0 unspecified atom stereocenters. The lowest BCUT2D eigenvalue weighted by Gasteiger charge is -2.15.